The van der Waals surface area contributed by atoms with E-state index in [2.05, 4.69) is 18.4 Å². The minimum absolute atomic E-state index is 0.0216. The molecule has 0 aliphatic carbocycles. The summed E-state index contributed by atoms with van der Waals surface area (Å²) in [7, 11) is -3.17. The summed E-state index contributed by atoms with van der Waals surface area (Å²) in [6.45, 7) is 7.43. The number of hydrogen-bond acceptors (Lipinski definition) is 3. The van der Waals surface area contributed by atoms with Gasteiger partial charge < -0.3 is 0 Å². The predicted molar refractivity (Wildman–Crippen MR) is 73.3 cm³/mol. The van der Waals surface area contributed by atoms with E-state index >= 15 is 0 Å². The van der Waals surface area contributed by atoms with Crippen molar-refractivity contribution in [2.45, 2.75) is 23.8 Å². The molecule has 0 spiro atoms. The fraction of sp³-hybridized carbons (Fsp3) is 0.429. The summed E-state index contributed by atoms with van der Waals surface area (Å²) < 4.78 is 24.2. The molecule has 3 nitrogen and oxygen atoms in total. The van der Waals surface area contributed by atoms with E-state index < -0.39 is 9.84 Å². The van der Waals surface area contributed by atoms with Crippen LogP contribution in [0.15, 0.2) is 47.9 Å². The summed E-state index contributed by atoms with van der Waals surface area (Å²) in [6, 6.07) is 8.63. The molecule has 1 aliphatic rings. The standard InChI is InChI=1S/C14H19NO2S/c1-3-14(2)9-10-15(14)11-12-18(16,17)13-7-5-4-6-8-13/h3-8H,1,9-12H2,2H3. The van der Waals surface area contributed by atoms with Crippen molar-refractivity contribution in [3.8, 4) is 0 Å². The molecule has 0 aromatic heterocycles. The lowest BCUT2D eigenvalue weighted by atomic mass is 9.87. The van der Waals surface area contributed by atoms with Gasteiger partial charge in [0, 0.05) is 18.6 Å². The fourth-order valence-electron chi connectivity index (χ4n) is 2.20. The van der Waals surface area contributed by atoms with Gasteiger partial charge in [0.25, 0.3) is 0 Å². The van der Waals surface area contributed by atoms with E-state index in [1.807, 2.05) is 12.1 Å². The summed E-state index contributed by atoms with van der Waals surface area (Å²) in [4.78, 5) is 2.58. The van der Waals surface area contributed by atoms with Crippen LogP contribution in [0.4, 0.5) is 0 Å². The van der Waals surface area contributed by atoms with Crippen LogP contribution >= 0.6 is 0 Å². The van der Waals surface area contributed by atoms with Gasteiger partial charge >= 0.3 is 0 Å². The number of nitrogens with zero attached hydrogens (tertiary/aromatic N) is 1. The second kappa shape index (κ2) is 4.86. The van der Waals surface area contributed by atoms with E-state index in [1.165, 1.54) is 0 Å². The molecule has 0 bridgehead atoms. The number of rotatable bonds is 5. The Kier molecular flexibility index (Phi) is 3.59. The molecule has 18 heavy (non-hydrogen) atoms. The Hall–Kier alpha value is -1.13. The zero-order chi connectivity index (χ0) is 13.2. The first kappa shape index (κ1) is 13.3. The maximum absolute atomic E-state index is 12.1. The second-order valence-electron chi connectivity index (χ2n) is 4.93. The lowest BCUT2D eigenvalue weighted by molar-refractivity contribution is 0.0477. The van der Waals surface area contributed by atoms with Crippen molar-refractivity contribution in [2.24, 2.45) is 0 Å². The van der Waals surface area contributed by atoms with Crippen LogP contribution in [0.5, 0.6) is 0 Å². The van der Waals surface area contributed by atoms with Gasteiger partial charge in [-0.15, -0.1) is 6.58 Å². The lowest BCUT2D eigenvalue weighted by Crippen LogP contribution is -2.57. The molecule has 1 heterocycles. The molecule has 98 valence electrons. The molecule has 4 heteroatoms. The van der Waals surface area contributed by atoms with Gasteiger partial charge in [0.15, 0.2) is 9.84 Å². The molecule has 2 rings (SSSR count). The van der Waals surface area contributed by atoms with Gasteiger partial charge in [-0.05, 0) is 25.5 Å². The Labute approximate surface area is 109 Å². The quantitative estimate of drug-likeness (QED) is 0.765. The smallest absolute Gasteiger partial charge is 0.179 e. The van der Waals surface area contributed by atoms with Crippen molar-refractivity contribution in [2.75, 3.05) is 18.8 Å². The molecule has 1 aliphatic heterocycles. The third kappa shape index (κ3) is 2.49. The fourth-order valence-corrected chi connectivity index (χ4v) is 3.47. The van der Waals surface area contributed by atoms with E-state index in [4.69, 9.17) is 0 Å². The average molecular weight is 265 g/mol. The number of hydrogen-bond donors (Lipinski definition) is 0. The highest BCUT2D eigenvalue weighted by atomic mass is 32.2. The Bertz CT molecular complexity index is 524. The van der Waals surface area contributed by atoms with Gasteiger partial charge in [0.2, 0.25) is 0 Å². The zero-order valence-electron chi connectivity index (χ0n) is 10.7. The Morgan fingerprint density at radius 2 is 2.06 bits per heavy atom. The maximum atomic E-state index is 12.1. The molecule has 1 aromatic carbocycles. The van der Waals surface area contributed by atoms with Crippen molar-refractivity contribution in [1.82, 2.24) is 4.90 Å². The number of benzene rings is 1. The van der Waals surface area contributed by atoms with Crippen LogP contribution in [0.2, 0.25) is 0 Å². The van der Waals surface area contributed by atoms with Crippen LogP contribution in [0.25, 0.3) is 0 Å². The van der Waals surface area contributed by atoms with Crippen molar-refractivity contribution < 1.29 is 8.42 Å². The predicted octanol–water partition coefficient (Wildman–Crippen LogP) is 2.11. The van der Waals surface area contributed by atoms with Crippen LogP contribution < -0.4 is 0 Å². The highest BCUT2D eigenvalue weighted by molar-refractivity contribution is 7.91. The molecule has 1 atom stereocenters. The molecule has 1 aromatic rings. The van der Waals surface area contributed by atoms with Crippen molar-refractivity contribution >= 4 is 9.84 Å². The van der Waals surface area contributed by atoms with Crippen molar-refractivity contribution in [1.29, 1.82) is 0 Å². The Morgan fingerprint density at radius 1 is 1.39 bits per heavy atom. The zero-order valence-corrected chi connectivity index (χ0v) is 11.5. The Balaban J connectivity index is 2.01. The monoisotopic (exact) mass is 265 g/mol. The SMILES string of the molecule is C=CC1(C)CCN1CCS(=O)(=O)c1ccccc1. The molecular weight excluding hydrogens is 246 g/mol. The van der Waals surface area contributed by atoms with Gasteiger partial charge in [-0.2, -0.15) is 0 Å². The Morgan fingerprint density at radius 3 is 2.56 bits per heavy atom. The van der Waals surface area contributed by atoms with Crippen molar-refractivity contribution in [3.63, 3.8) is 0 Å². The first-order valence-corrected chi connectivity index (χ1v) is 7.80. The van der Waals surface area contributed by atoms with E-state index in [1.54, 1.807) is 24.3 Å². The highest BCUT2D eigenvalue weighted by Gasteiger charge is 2.37. The summed E-state index contributed by atoms with van der Waals surface area (Å²) in [5, 5.41) is 0. The molecular formula is C14H19NO2S. The number of sulfone groups is 1. The van der Waals surface area contributed by atoms with Gasteiger partial charge in [-0.3, -0.25) is 4.90 Å². The lowest BCUT2D eigenvalue weighted by Gasteiger charge is -2.49. The molecule has 1 unspecified atom stereocenters. The van der Waals surface area contributed by atoms with Crippen LogP contribution in [0.3, 0.4) is 0 Å². The first-order chi connectivity index (χ1) is 8.48. The van der Waals surface area contributed by atoms with Gasteiger partial charge in [0.1, 0.15) is 0 Å². The summed E-state index contributed by atoms with van der Waals surface area (Å²) >= 11 is 0. The van der Waals surface area contributed by atoms with E-state index in [-0.39, 0.29) is 11.3 Å². The average Bonchev–Trinajstić information content (AvgIpc) is 2.37. The van der Waals surface area contributed by atoms with Gasteiger partial charge in [0.05, 0.1) is 10.6 Å². The van der Waals surface area contributed by atoms with Crippen LogP contribution in [0, 0.1) is 0 Å². The largest absolute Gasteiger partial charge is 0.293 e. The minimum Gasteiger partial charge on any atom is -0.293 e. The highest BCUT2D eigenvalue weighted by Crippen LogP contribution is 2.30. The van der Waals surface area contributed by atoms with Crippen LogP contribution in [-0.4, -0.2) is 37.7 Å². The van der Waals surface area contributed by atoms with E-state index in [0.717, 1.165) is 13.0 Å². The normalized spacial score (nSPS) is 24.5. The second-order valence-corrected chi connectivity index (χ2v) is 7.04. The molecule has 0 radical (unpaired) electrons. The molecule has 0 N–H and O–H groups in total. The van der Waals surface area contributed by atoms with Gasteiger partial charge in [-0.1, -0.05) is 24.3 Å². The summed E-state index contributed by atoms with van der Waals surface area (Å²) in [6.07, 6.45) is 2.97. The van der Waals surface area contributed by atoms with Crippen LogP contribution in [-0.2, 0) is 9.84 Å². The molecule has 1 fully saturated rings. The van der Waals surface area contributed by atoms with Crippen LogP contribution in [0.1, 0.15) is 13.3 Å². The molecule has 0 saturated carbocycles. The molecule has 0 amide bonds. The molecule has 1 saturated heterocycles. The van der Waals surface area contributed by atoms with Gasteiger partial charge in [-0.25, -0.2) is 8.42 Å². The maximum Gasteiger partial charge on any atom is 0.179 e. The van der Waals surface area contributed by atoms with E-state index in [9.17, 15) is 8.42 Å². The summed E-state index contributed by atoms with van der Waals surface area (Å²) in [5.74, 6) is 0.167. The summed E-state index contributed by atoms with van der Waals surface area (Å²) in [5.41, 5.74) is -0.0216. The third-order valence-corrected chi connectivity index (χ3v) is 5.49. The van der Waals surface area contributed by atoms with E-state index in [0.29, 0.717) is 11.4 Å². The number of likely N-dealkylation sites (tertiary alicyclic amines) is 1. The minimum atomic E-state index is -3.17. The van der Waals surface area contributed by atoms with Crippen molar-refractivity contribution in [3.05, 3.63) is 43.0 Å². The third-order valence-electron chi connectivity index (χ3n) is 3.78. The first-order valence-electron chi connectivity index (χ1n) is 6.14. The topological polar surface area (TPSA) is 37.4 Å².